The molecule has 1 aromatic heterocycles. The summed E-state index contributed by atoms with van der Waals surface area (Å²) in [4.78, 5) is 23.1. The fourth-order valence-electron chi connectivity index (χ4n) is 6.19. The van der Waals surface area contributed by atoms with Crippen molar-refractivity contribution in [2.45, 2.75) is 51.4 Å². The third-order valence-corrected chi connectivity index (χ3v) is 8.60. The van der Waals surface area contributed by atoms with E-state index in [1.54, 1.807) is 0 Å². The van der Waals surface area contributed by atoms with Crippen LogP contribution < -0.4 is 4.74 Å². The normalized spacial score (nSPS) is 16.7. The van der Waals surface area contributed by atoms with Crippen molar-refractivity contribution < 1.29 is 9.53 Å². The molecule has 7 rings (SSSR count). The van der Waals surface area contributed by atoms with Gasteiger partial charge in [0, 0.05) is 30.6 Å². The highest BCUT2D eigenvalue weighted by molar-refractivity contribution is 6.07. The summed E-state index contributed by atoms with van der Waals surface area (Å²) in [6.45, 7) is 5.07. The second kappa shape index (κ2) is 12.9. The van der Waals surface area contributed by atoms with Crippen LogP contribution in [0.5, 0.6) is 5.75 Å². The number of piperidine rings is 1. The number of pyridine rings is 1. The van der Waals surface area contributed by atoms with Crippen LogP contribution in [0, 0.1) is 0 Å². The zero-order valence-corrected chi connectivity index (χ0v) is 24.3. The molecule has 0 atom stereocenters. The molecule has 0 bridgehead atoms. The minimum Gasteiger partial charge on any atom is -0.493 e. The highest BCUT2D eigenvalue weighted by Crippen LogP contribution is 2.33. The summed E-state index contributed by atoms with van der Waals surface area (Å²) in [5.74, 6) is 1.12. The number of likely N-dealkylation sites (tertiary alicyclic amines) is 2. The molecule has 3 aliphatic rings. The fraction of sp³-hybridized carbons (Fsp3) is 0.389. The van der Waals surface area contributed by atoms with E-state index in [1.807, 2.05) is 17.0 Å². The van der Waals surface area contributed by atoms with E-state index < -0.39 is 0 Å². The number of aryl methyl sites for hydroxylation is 2. The summed E-state index contributed by atoms with van der Waals surface area (Å²) in [6.07, 6.45) is 8.86. The van der Waals surface area contributed by atoms with Gasteiger partial charge in [-0.2, -0.15) is 0 Å². The molecule has 212 valence electrons. The predicted octanol–water partition coefficient (Wildman–Crippen LogP) is 6.96. The van der Waals surface area contributed by atoms with Gasteiger partial charge in [-0.15, -0.1) is 0 Å². The summed E-state index contributed by atoms with van der Waals surface area (Å²) in [6, 6.07) is 25.3. The summed E-state index contributed by atoms with van der Waals surface area (Å²) < 4.78 is 5.69. The molecule has 3 aliphatic heterocycles. The van der Waals surface area contributed by atoms with Gasteiger partial charge in [0.1, 0.15) is 5.75 Å². The molecular formula is C36H41N3O2. The molecule has 0 spiro atoms. The lowest BCUT2D eigenvalue weighted by Crippen LogP contribution is -2.35. The number of fused-ring (bicyclic) bond motifs is 2. The van der Waals surface area contributed by atoms with Crippen LogP contribution in [-0.2, 0) is 19.3 Å². The number of aromatic nitrogens is 1. The first-order valence-corrected chi connectivity index (χ1v) is 15.4. The number of ether oxygens (including phenoxy) is 1. The van der Waals surface area contributed by atoms with Gasteiger partial charge in [0.25, 0.3) is 5.91 Å². The maximum atomic E-state index is 13.7. The first-order valence-electron chi connectivity index (χ1n) is 15.4. The Kier molecular flexibility index (Phi) is 8.62. The topological polar surface area (TPSA) is 45.7 Å². The highest BCUT2D eigenvalue weighted by Gasteiger charge is 2.22. The maximum absolute atomic E-state index is 13.7. The van der Waals surface area contributed by atoms with Crippen LogP contribution in [0.4, 0.5) is 0 Å². The Bertz CT molecular complexity index is 1490. The zero-order chi connectivity index (χ0) is 28.0. The Morgan fingerprint density at radius 2 is 1.54 bits per heavy atom. The van der Waals surface area contributed by atoms with Gasteiger partial charge in [-0.3, -0.25) is 9.78 Å². The van der Waals surface area contributed by atoms with Crippen molar-refractivity contribution in [3.8, 4) is 16.9 Å². The van der Waals surface area contributed by atoms with Crippen molar-refractivity contribution in [3.05, 3.63) is 95.2 Å². The van der Waals surface area contributed by atoms with E-state index in [2.05, 4.69) is 72.6 Å². The maximum Gasteiger partial charge on any atom is 0.254 e. The highest BCUT2D eigenvalue weighted by atomic mass is 16.5. The largest absolute Gasteiger partial charge is 0.493 e. The van der Waals surface area contributed by atoms with Crippen LogP contribution in [0.25, 0.3) is 22.0 Å². The zero-order valence-electron chi connectivity index (χ0n) is 24.3. The van der Waals surface area contributed by atoms with Crippen molar-refractivity contribution >= 4 is 16.8 Å². The van der Waals surface area contributed by atoms with E-state index in [-0.39, 0.29) is 5.91 Å². The van der Waals surface area contributed by atoms with E-state index in [0.29, 0.717) is 0 Å². The minimum absolute atomic E-state index is 0.137. The third kappa shape index (κ3) is 6.62. The molecule has 2 saturated heterocycles. The van der Waals surface area contributed by atoms with Crippen molar-refractivity contribution in [1.82, 2.24) is 14.8 Å². The first-order chi connectivity index (χ1) is 20.1. The molecule has 4 aromatic rings. The molecule has 1 amide bonds. The Morgan fingerprint density at radius 1 is 0.805 bits per heavy atom. The average Bonchev–Trinajstić information content (AvgIpc) is 3.71. The molecule has 0 radical (unpaired) electrons. The molecule has 0 N–H and O–H groups in total. The van der Waals surface area contributed by atoms with Crippen LogP contribution in [0.2, 0.25) is 0 Å². The Labute approximate surface area is 244 Å². The molecule has 5 heteroatoms. The number of hydrogen-bond donors (Lipinski definition) is 0. The monoisotopic (exact) mass is 547 g/mol. The van der Waals surface area contributed by atoms with Gasteiger partial charge < -0.3 is 14.5 Å². The molecule has 41 heavy (non-hydrogen) atoms. The van der Waals surface area contributed by atoms with Gasteiger partial charge in [0.15, 0.2) is 0 Å². The van der Waals surface area contributed by atoms with Crippen molar-refractivity contribution in [1.29, 1.82) is 0 Å². The van der Waals surface area contributed by atoms with E-state index in [0.717, 1.165) is 90.8 Å². The Morgan fingerprint density at radius 3 is 2.29 bits per heavy atom. The van der Waals surface area contributed by atoms with E-state index in [9.17, 15) is 4.79 Å². The quantitative estimate of drug-likeness (QED) is 0.271. The molecule has 3 aromatic carbocycles. The third-order valence-electron chi connectivity index (χ3n) is 8.60. The number of nitrogens with zero attached hydrogens (tertiary/aromatic N) is 3. The van der Waals surface area contributed by atoms with Gasteiger partial charge in [-0.25, -0.2) is 0 Å². The second-order valence-electron chi connectivity index (χ2n) is 11.7. The molecule has 0 aliphatic carbocycles. The Hall–Kier alpha value is -3.70. The van der Waals surface area contributed by atoms with Crippen LogP contribution in [0.15, 0.2) is 72.8 Å². The van der Waals surface area contributed by atoms with E-state index in [1.165, 1.54) is 43.5 Å². The number of carbonyl (C=O) groups is 1. The van der Waals surface area contributed by atoms with Crippen LogP contribution in [0.1, 0.15) is 59.3 Å². The molecule has 4 heterocycles. The van der Waals surface area contributed by atoms with Crippen molar-refractivity contribution in [2.75, 3.05) is 39.8 Å². The SMILES string of the molecule is CN1CCCC1.O=C(c1cc(CCc2ccccc2)nc2ccc(-c3ccc4c(c3)CCO4)cc12)N1CCCCC1. The predicted molar refractivity (Wildman–Crippen MR) is 167 cm³/mol. The standard InChI is InChI=1S/C31H30N2O2.C5H11N/c34-31(33-16-5-2-6-17-33)28-21-26(12-9-22-7-3-1-4-8-22)32-29-13-10-24(20-27(28)29)23-11-14-30-25(19-23)15-18-35-30;1-6-4-2-3-5-6/h1,3-4,7-8,10-11,13-14,19-21H,2,5-6,9,12,15-18H2;2-5H2,1H3. The number of benzene rings is 3. The van der Waals surface area contributed by atoms with Crippen molar-refractivity contribution in [2.24, 2.45) is 0 Å². The Balaban J connectivity index is 0.000000449. The lowest BCUT2D eigenvalue weighted by molar-refractivity contribution is 0.0726. The number of amides is 1. The van der Waals surface area contributed by atoms with E-state index in [4.69, 9.17) is 9.72 Å². The summed E-state index contributed by atoms with van der Waals surface area (Å²) >= 11 is 0. The van der Waals surface area contributed by atoms with Crippen LogP contribution >= 0.6 is 0 Å². The minimum atomic E-state index is 0.137. The van der Waals surface area contributed by atoms with Crippen molar-refractivity contribution in [3.63, 3.8) is 0 Å². The second-order valence-corrected chi connectivity index (χ2v) is 11.7. The molecule has 5 nitrogen and oxygen atoms in total. The summed E-state index contributed by atoms with van der Waals surface area (Å²) in [7, 11) is 2.17. The van der Waals surface area contributed by atoms with Gasteiger partial charge in [-0.05, 0) is 118 Å². The lowest BCUT2D eigenvalue weighted by atomic mass is 9.97. The van der Waals surface area contributed by atoms with Crippen LogP contribution in [0.3, 0.4) is 0 Å². The smallest absolute Gasteiger partial charge is 0.254 e. The number of hydrogen-bond acceptors (Lipinski definition) is 4. The first kappa shape index (κ1) is 27.5. The molecule has 2 fully saturated rings. The summed E-state index contributed by atoms with van der Waals surface area (Å²) in [5.41, 5.74) is 7.45. The van der Waals surface area contributed by atoms with Gasteiger partial charge in [-0.1, -0.05) is 42.5 Å². The average molecular weight is 548 g/mol. The fourth-order valence-corrected chi connectivity index (χ4v) is 6.19. The summed E-state index contributed by atoms with van der Waals surface area (Å²) in [5, 5.41) is 0.943. The van der Waals surface area contributed by atoms with E-state index >= 15 is 0 Å². The van der Waals surface area contributed by atoms with Gasteiger partial charge in [0.05, 0.1) is 17.7 Å². The number of carbonyl (C=O) groups excluding carboxylic acids is 1. The molecule has 0 saturated carbocycles. The van der Waals surface area contributed by atoms with Gasteiger partial charge in [0.2, 0.25) is 0 Å². The number of rotatable bonds is 5. The molecular weight excluding hydrogens is 506 g/mol. The van der Waals surface area contributed by atoms with Gasteiger partial charge >= 0.3 is 0 Å². The lowest BCUT2D eigenvalue weighted by Gasteiger charge is -2.27. The van der Waals surface area contributed by atoms with Crippen LogP contribution in [-0.4, -0.2) is 60.5 Å². The molecule has 0 unspecified atom stereocenters.